The van der Waals surface area contributed by atoms with Crippen LogP contribution in [0.15, 0.2) is 36.4 Å². The van der Waals surface area contributed by atoms with Gasteiger partial charge in [-0.1, -0.05) is 43.7 Å². The summed E-state index contributed by atoms with van der Waals surface area (Å²) in [5.41, 5.74) is 1.00. The van der Waals surface area contributed by atoms with Gasteiger partial charge in [-0.2, -0.15) is 18.3 Å². The van der Waals surface area contributed by atoms with Crippen molar-refractivity contribution in [3.63, 3.8) is 0 Å². The van der Waals surface area contributed by atoms with Crippen LogP contribution < -0.4 is 5.32 Å². The highest BCUT2D eigenvalue weighted by Gasteiger charge is 2.40. The minimum atomic E-state index is -4.44. The molecule has 0 aliphatic rings. The van der Waals surface area contributed by atoms with E-state index in [4.69, 9.17) is 0 Å². The fourth-order valence-electron chi connectivity index (χ4n) is 2.27. The van der Waals surface area contributed by atoms with Crippen LogP contribution in [0.1, 0.15) is 41.0 Å². The molecule has 4 nitrogen and oxygen atoms in total. The Labute approximate surface area is 132 Å². The van der Waals surface area contributed by atoms with Gasteiger partial charge in [0.15, 0.2) is 0 Å². The highest BCUT2D eigenvalue weighted by Crippen LogP contribution is 2.34. The van der Waals surface area contributed by atoms with Crippen LogP contribution in [0, 0.1) is 0 Å². The van der Waals surface area contributed by atoms with Gasteiger partial charge in [-0.15, -0.1) is 0 Å². The monoisotopic (exact) mass is 325 g/mol. The van der Waals surface area contributed by atoms with Crippen LogP contribution in [0.4, 0.5) is 13.2 Å². The molecule has 1 unspecified atom stereocenters. The van der Waals surface area contributed by atoms with Crippen molar-refractivity contribution in [3.8, 4) is 0 Å². The number of aryl methyl sites for hydroxylation is 1. The lowest BCUT2D eigenvalue weighted by Crippen LogP contribution is -2.35. The number of nitrogens with zero attached hydrogens (tertiary/aromatic N) is 1. The quantitative estimate of drug-likeness (QED) is 0.855. The number of rotatable bonds is 6. The summed E-state index contributed by atoms with van der Waals surface area (Å²) in [5.74, 6) is -2.37. The Morgan fingerprint density at radius 3 is 2.61 bits per heavy atom. The molecule has 1 aromatic heterocycles. The van der Waals surface area contributed by atoms with E-state index in [0.717, 1.165) is 18.5 Å². The third kappa shape index (κ3) is 4.58. The second kappa shape index (κ2) is 7.30. The van der Waals surface area contributed by atoms with Crippen LogP contribution in [-0.2, 0) is 6.42 Å². The minimum absolute atomic E-state index is 0.0995. The molecule has 2 aromatic rings. The van der Waals surface area contributed by atoms with Gasteiger partial charge in [0.1, 0.15) is 5.69 Å². The van der Waals surface area contributed by atoms with Crippen LogP contribution in [0.2, 0.25) is 0 Å². The zero-order valence-electron chi connectivity index (χ0n) is 12.7. The summed E-state index contributed by atoms with van der Waals surface area (Å²) in [6, 6.07) is 9.09. The summed E-state index contributed by atoms with van der Waals surface area (Å²) in [6.45, 7) is 1.46. The average Bonchev–Trinajstić information content (AvgIpc) is 2.96. The van der Waals surface area contributed by atoms with E-state index in [1.165, 1.54) is 12.1 Å². The lowest BCUT2D eigenvalue weighted by atomic mass is 9.98. The predicted octanol–water partition coefficient (Wildman–Crippen LogP) is 3.44. The van der Waals surface area contributed by atoms with Crippen molar-refractivity contribution < 1.29 is 18.0 Å². The molecule has 1 aromatic carbocycles. The first-order valence-corrected chi connectivity index (χ1v) is 7.36. The second-order valence-electron chi connectivity index (χ2n) is 5.24. The maximum absolute atomic E-state index is 13.2. The molecule has 0 saturated heterocycles. The second-order valence-corrected chi connectivity index (χ2v) is 5.24. The Kier molecular flexibility index (Phi) is 5.41. The van der Waals surface area contributed by atoms with E-state index >= 15 is 0 Å². The van der Waals surface area contributed by atoms with Gasteiger partial charge in [0.2, 0.25) is 0 Å². The van der Waals surface area contributed by atoms with Gasteiger partial charge in [-0.25, -0.2) is 0 Å². The third-order valence-electron chi connectivity index (χ3n) is 3.45. The molecule has 0 fully saturated rings. The summed E-state index contributed by atoms with van der Waals surface area (Å²) < 4.78 is 39.6. The van der Waals surface area contributed by atoms with Crippen molar-refractivity contribution in [3.05, 3.63) is 53.3 Å². The number of halogens is 3. The van der Waals surface area contributed by atoms with E-state index in [9.17, 15) is 18.0 Å². The molecular weight excluding hydrogens is 307 g/mol. The number of alkyl halides is 3. The molecule has 2 N–H and O–H groups in total. The zero-order chi connectivity index (χ0) is 16.9. The summed E-state index contributed by atoms with van der Waals surface area (Å²) in [6.07, 6.45) is -2.82. The average molecular weight is 325 g/mol. The smallest absolute Gasteiger partial charge is 0.350 e. The minimum Gasteiger partial charge on any atom is -0.350 e. The van der Waals surface area contributed by atoms with Crippen LogP contribution in [0.3, 0.4) is 0 Å². The molecular formula is C16H18F3N3O. The molecule has 124 valence electrons. The number of carbonyl (C=O) groups excluding carboxylic acids is 1. The van der Waals surface area contributed by atoms with Gasteiger partial charge >= 0.3 is 6.18 Å². The lowest BCUT2D eigenvalue weighted by Gasteiger charge is -2.20. The zero-order valence-corrected chi connectivity index (χ0v) is 12.7. The predicted molar refractivity (Wildman–Crippen MR) is 80.2 cm³/mol. The molecule has 0 bridgehead atoms. The first-order chi connectivity index (χ1) is 10.9. The van der Waals surface area contributed by atoms with Crippen LogP contribution in [0.25, 0.3) is 0 Å². The van der Waals surface area contributed by atoms with E-state index < -0.39 is 24.5 Å². The molecule has 1 amide bonds. The maximum atomic E-state index is 13.2. The van der Waals surface area contributed by atoms with Crippen LogP contribution in [0.5, 0.6) is 0 Å². The van der Waals surface area contributed by atoms with Crippen molar-refractivity contribution in [2.24, 2.45) is 0 Å². The molecule has 2 rings (SSSR count). The van der Waals surface area contributed by atoms with Crippen molar-refractivity contribution in [2.75, 3.05) is 6.54 Å². The van der Waals surface area contributed by atoms with Gasteiger partial charge in [-0.05, 0) is 18.1 Å². The molecule has 1 heterocycles. The van der Waals surface area contributed by atoms with Gasteiger partial charge in [0.05, 0.1) is 5.92 Å². The first-order valence-electron chi connectivity index (χ1n) is 7.36. The maximum Gasteiger partial charge on any atom is 0.397 e. The fourth-order valence-corrected chi connectivity index (χ4v) is 2.27. The van der Waals surface area contributed by atoms with Gasteiger partial charge in [0, 0.05) is 12.2 Å². The number of hydrogen-bond donors (Lipinski definition) is 2. The number of H-pyrrole nitrogens is 1. The van der Waals surface area contributed by atoms with E-state index in [1.807, 2.05) is 6.92 Å². The van der Waals surface area contributed by atoms with Crippen molar-refractivity contribution in [2.45, 2.75) is 31.9 Å². The van der Waals surface area contributed by atoms with Crippen LogP contribution in [-0.4, -0.2) is 28.8 Å². The van der Waals surface area contributed by atoms with Crippen molar-refractivity contribution >= 4 is 5.91 Å². The highest BCUT2D eigenvalue weighted by molar-refractivity contribution is 5.92. The Morgan fingerprint density at radius 2 is 2.00 bits per heavy atom. The number of amides is 1. The number of nitrogens with one attached hydrogen (secondary N) is 2. The summed E-state index contributed by atoms with van der Waals surface area (Å²) in [4.78, 5) is 12.0. The molecule has 0 spiro atoms. The Balaban J connectivity index is 2.04. The number of aromatic nitrogens is 2. The van der Waals surface area contributed by atoms with E-state index in [2.05, 4.69) is 15.5 Å². The lowest BCUT2D eigenvalue weighted by molar-refractivity contribution is -0.149. The molecule has 1 atom stereocenters. The highest BCUT2D eigenvalue weighted by atomic mass is 19.4. The van der Waals surface area contributed by atoms with Gasteiger partial charge in [0.25, 0.3) is 5.91 Å². The number of benzene rings is 1. The summed E-state index contributed by atoms with van der Waals surface area (Å²) >= 11 is 0. The van der Waals surface area contributed by atoms with E-state index in [1.54, 1.807) is 24.3 Å². The summed E-state index contributed by atoms with van der Waals surface area (Å²) in [7, 11) is 0. The van der Waals surface area contributed by atoms with Crippen molar-refractivity contribution in [1.82, 2.24) is 15.5 Å². The molecule has 7 heteroatoms. The standard InChI is InChI=1S/C16H18F3N3O/c1-2-6-12-9-14(22-21-12)15(23)20-10-13(16(17,18)19)11-7-4-3-5-8-11/h3-5,7-9,13H,2,6,10H2,1H3,(H,20,23)(H,21,22). The molecule has 0 aliphatic heterocycles. The Bertz CT molecular complexity index is 638. The normalized spacial score (nSPS) is 12.9. The van der Waals surface area contributed by atoms with E-state index in [-0.39, 0.29) is 11.3 Å². The number of carbonyl (C=O) groups is 1. The molecule has 0 saturated carbocycles. The molecule has 0 radical (unpaired) electrons. The van der Waals surface area contributed by atoms with Crippen LogP contribution >= 0.6 is 0 Å². The topological polar surface area (TPSA) is 57.8 Å². The SMILES string of the molecule is CCCc1cc(C(=O)NCC(c2ccccc2)C(F)(F)F)n[nH]1. The fraction of sp³-hybridized carbons (Fsp3) is 0.375. The Hall–Kier alpha value is -2.31. The van der Waals surface area contributed by atoms with Crippen molar-refractivity contribution in [1.29, 1.82) is 0 Å². The number of aromatic amines is 1. The van der Waals surface area contributed by atoms with Gasteiger partial charge < -0.3 is 5.32 Å². The molecule has 0 aliphatic carbocycles. The Morgan fingerprint density at radius 1 is 1.30 bits per heavy atom. The van der Waals surface area contributed by atoms with Gasteiger partial charge in [-0.3, -0.25) is 9.89 Å². The third-order valence-corrected chi connectivity index (χ3v) is 3.45. The largest absolute Gasteiger partial charge is 0.397 e. The molecule has 23 heavy (non-hydrogen) atoms. The first kappa shape index (κ1) is 17.1. The van der Waals surface area contributed by atoms with E-state index in [0.29, 0.717) is 0 Å². The number of hydrogen-bond acceptors (Lipinski definition) is 2. The summed E-state index contributed by atoms with van der Waals surface area (Å²) in [5, 5.41) is 8.85.